The molecule has 2 heterocycles. The second-order valence-electron chi connectivity index (χ2n) is 6.95. The fourth-order valence-corrected chi connectivity index (χ4v) is 3.31. The van der Waals surface area contributed by atoms with Gasteiger partial charge in [-0.3, -0.25) is 4.79 Å². The summed E-state index contributed by atoms with van der Waals surface area (Å²) in [4.78, 5) is 23.6. The molecule has 0 amide bonds. The maximum atomic E-state index is 12.2. The lowest BCUT2D eigenvalue weighted by Crippen LogP contribution is -2.60. The zero-order chi connectivity index (χ0) is 23.1. The second-order valence-corrected chi connectivity index (χ2v) is 6.95. The predicted octanol–water partition coefficient (Wildman–Crippen LogP) is -1.25. The Morgan fingerprint density at radius 3 is 2.42 bits per heavy atom. The highest BCUT2D eigenvalue weighted by molar-refractivity contribution is 5.89. The maximum absolute atomic E-state index is 12.2. The zero-order valence-corrected chi connectivity index (χ0v) is 17.2. The van der Waals surface area contributed by atoms with Crippen molar-refractivity contribution in [2.75, 3.05) is 20.8 Å². The van der Waals surface area contributed by atoms with Gasteiger partial charge < -0.3 is 44.1 Å². The Labute approximate surface area is 179 Å². The molecule has 8 atom stereocenters. The van der Waals surface area contributed by atoms with E-state index in [0.717, 1.165) is 6.26 Å². The summed E-state index contributed by atoms with van der Waals surface area (Å²) in [6.07, 6.45) is -2.89. The van der Waals surface area contributed by atoms with Gasteiger partial charge in [0.2, 0.25) is 6.29 Å². The maximum Gasteiger partial charge on any atom is 0.337 e. The Hall–Kier alpha value is -2.28. The molecule has 0 saturated carbocycles. The van der Waals surface area contributed by atoms with E-state index in [0.29, 0.717) is 0 Å². The lowest BCUT2D eigenvalue weighted by molar-refractivity contribution is -0.338. The van der Waals surface area contributed by atoms with E-state index in [9.17, 15) is 30.0 Å². The smallest absolute Gasteiger partial charge is 0.337 e. The predicted molar refractivity (Wildman–Crippen MR) is 103 cm³/mol. The number of hydrogen-bond acceptors (Lipinski definition) is 11. The largest absolute Gasteiger partial charge is 0.471 e. The van der Waals surface area contributed by atoms with Crippen LogP contribution < -0.4 is 0 Å². The Balaban J connectivity index is 2.25. The van der Waals surface area contributed by atoms with Gasteiger partial charge in [0.1, 0.15) is 24.4 Å². The first-order valence-corrected chi connectivity index (χ1v) is 9.54. The number of esters is 2. The summed E-state index contributed by atoms with van der Waals surface area (Å²) in [5, 5.41) is 39.4. The molecule has 2 aliphatic heterocycles. The number of ether oxygens (including phenoxy) is 5. The van der Waals surface area contributed by atoms with Crippen molar-refractivity contribution in [2.24, 2.45) is 11.8 Å². The Bertz CT molecular complexity index is 701. The molecule has 4 N–H and O–H groups in total. The van der Waals surface area contributed by atoms with Gasteiger partial charge in [-0.15, -0.1) is 6.58 Å². The Kier molecular flexibility index (Phi) is 9.16. The average molecular weight is 444 g/mol. The van der Waals surface area contributed by atoms with E-state index in [1.54, 1.807) is 6.08 Å². The summed E-state index contributed by atoms with van der Waals surface area (Å²) in [6.45, 7) is 3.12. The van der Waals surface area contributed by atoms with Crippen molar-refractivity contribution in [3.8, 4) is 0 Å². The fraction of sp³-hybridized carbons (Fsp3) is 0.600. The minimum Gasteiger partial charge on any atom is -0.471 e. The molecule has 0 radical (unpaired) electrons. The number of carbonyl (C=O) groups excluding carboxylic acids is 2. The van der Waals surface area contributed by atoms with Gasteiger partial charge in [0, 0.05) is 5.92 Å². The monoisotopic (exact) mass is 444 g/mol. The molecule has 0 bridgehead atoms. The molecule has 0 aliphatic carbocycles. The highest BCUT2D eigenvalue weighted by atomic mass is 16.8. The molecule has 1 fully saturated rings. The number of allylic oxidation sites excluding steroid dienone is 1. The number of hydrogen-bond donors (Lipinski definition) is 4. The molecule has 0 aromatic heterocycles. The number of rotatable bonds is 8. The van der Waals surface area contributed by atoms with Crippen molar-refractivity contribution in [3.63, 3.8) is 0 Å². The van der Waals surface area contributed by atoms with Crippen molar-refractivity contribution in [3.05, 3.63) is 36.6 Å². The van der Waals surface area contributed by atoms with Crippen LogP contribution in [0.25, 0.3) is 0 Å². The first kappa shape index (κ1) is 25.0. The minimum absolute atomic E-state index is 0.0373. The van der Waals surface area contributed by atoms with Crippen molar-refractivity contribution >= 4 is 11.9 Å². The molecule has 0 unspecified atom stereocenters. The first-order valence-electron chi connectivity index (χ1n) is 9.54. The molecule has 2 aliphatic rings. The van der Waals surface area contributed by atoms with Crippen LogP contribution in [0.5, 0.6) is 0 Å². The first-order chi connectivity index (χ1) is 14.8. The highest BCUT2D eigenvalue weighted by Gasteiger charge is 2.47. The molecule has 1 saturated heterocycles. The van der Waals surface area contributed by atoms with E-state index in [4.69, 9.17) is 18.9 Å². The van der Waals surface area contributed by atoms with Gasteiger partial charge in [0.15, 0.2) is 6.29 Å². The van der Waals surface area contributed by atoms with E-state index in [1.165, 1.54) is 26.4 Å². The number of aliphatic hydroxyl groups is 4. The standard InChI is InChI=1S/C20H28O11/c1-4-10-11(6-5-7-14(22)27-2)12(18(26)28-3)9-29-19(10)31-20-17(25)16(24)15(23)13(8-21)30-20/h4-6,9-11,13,15-17,19-21,23-25H,1,7-8H2,2-3H3/b6-5+/t10-,11+,13+,15-,16+,17+,19+,20+/m1/s1. The van der Waals surface area contributed by atoms with Crippen LogP contribution in [-0.2, 0) is 33.3 Å². The molecular weight excluding hydrogens is 416 g/mol. The van der Waals surface area contributed by atoms with E-state index >= 15 is 0 Å². The topological polar surface area (TPSA) is 161 Å². The van der Waals surface area contributed by atoms with Gasteiger partial charge in [0.25, 0.3) is 0 Å². The highest BCUT2D eigenvalue weighted by Crippen LogP contribution is 2.36. The normalized spacial score (nSPS) is 35.7. The van der Waals surface area contributed by atoms with E-state index in [2.05, 4.69) is 11.3 Å². The fourth-order valence-electron chi connectivity index (χ4n) is 3.31. The summed E-state index contributed by atoms with van der Waals surface area (Å²) in [6, 6.07) is 0. The van der Waals surface area contributed by atoms with Crippen LogP contribution in [0.3, 0.4) is 0 Å². The van der Waals surface area contributed by atoms with Gasteiger partial charge in [-0.1, -0.05) is 18.2 Å². The van der Waals surface area contributed by atoms with Crippen LogP contribution in [0.15, 0.2) is 36.6 Å². The van der Waals surface area contributed by atoms with Crippen LogP contribution in [0, 0.1) is 11.8 Å². The Morgan fingerprint density at radius 1 is 1.13 bits per heavy atom. The third-order valence-corrected chi connectivity index (χ3v) is 5.08. The molecule has 31 heavy (non-hydrogen) atoms. The summed E-state index contributed by atoms with van der Waals surface area (Å²) < 4.78 is 25.9. The lowest BCUT2D eigenvalue weighted by atomic mass is 9.83. The lowest BCUT2D eigenvalue weighted by Gasteiger charge is -2.42. The van der Waals surface area contributed by atoms with Crippen molar-refractivity contribution in [1.82, 2.24) is 0 Å². The van der Waals surface area contributed by atoms with Crippen LogP contribution >= 0.6 is 0 Å². The van der Waals surface area contributed by atoms with Crippen molar-refractivity contribution in [2.45, 2.75) is 43.4 Å². The minimum atomic E-state index is -1.63. The van der Waals surface area contributed by atoms with E-state index < -0.39 is 67.4 Å². The quantitative estimate of drug-likeness (QED) is 0.262. The van der Waals surface area contributed by atoms with Gasteiger partial charge in [0.05, 0.1) is 45.0 Å². The number of carbonyl (C=O) groups is 2. The third kappa shape index (κ3) is 5.70. The van der Waals surface area contributed by atoms with Gasteiger partial charge >= 0.3 is 11.9 Å². The van der Waals surface area contributed by atoms with E-state index in [1.807, 2.05) is 0 Å². The average Bonchev–Trinajstić information content (AvgIpc) is 2.78. The molecule has 174 valence electrons. The van der Waals surface area contributed by atoms with Crippen molar-refractivity contribution < 1.29 is 53.7 Å². The third-order valence-electron chi connectivity index (χ3n) is 5.08. The van der Waals surface area contributed by atoms with Crippen LogP contribution in [0.2, 0.25) is 0 Å². The molecule has 2 rings (SSSR count). The van der Waals surface area contributed by atoms with E-state index in [-0.39, 0.29) is 12.0 Å². The second kappa shape index (κ2) is 11.4. The molecule has 11 heteroatoms. The van der Waals surface area contributed by atoms with Gasteiger partial charge in [-0.05, 0) is 0 Å². The van der Waals surface area contributed by atoms with Crippen LogP contribution in [0.4, 0.5) is 0 Å². The SMILES string of the molecule is C=C[C@H]1[C@H](O[C@@H]2O[C@@H](CO)[C@@H](O)[C@H](O)[C@@H]2O)OC=C(C(=O)OC)[C@H]1/C=C/CC(=O)OC. The molecule has 0 spiro atoms. The van der Waals surface area contributed by atoms with Crippen molar-refractivity contribution in [1.29, 1.82) is 0 Å². The summed E-state index contributed by atoms with van der Waals surface area (Å²) in [5.74, 6) is -2.50. The molecule has 11 nitrogen and oxygen atoms in total. The summed E-state index contributed by atoms with van der Waals surface area (Å²) in [7, 11) is 2.46. The Morgan fingerprint density at radius 2 is 1.84 bits per heavy atom. The zero-order valence-electron chi connectivity index (χ0n) is 17.2. The number of methoxy groups -OCH3 is 2. The molecule has 0 aromatic rings. The van der Waals surface area contributed by atoms with Gasteiger partial charge in [-0.25, -0.2) is 4.79 Å². The summed E-state index contributed by atoms with van der Waals surface area (Å²) >= 11 is 0. The summed E-state index contributed by atoms with van der Waals surface area (Å²) in [5.41, 5.74) is 0.141. The van der Waals surface area contributed by atoms with Crippen LogP contribution in [-0.4, -0.2) is 90.2 Å². The van der Waals surface area contributed by atoms with Gasteiger partial charge in [-0.2, -0.15) is 0 Å². The number of aliphatic hydroxyl groups excluding tert-OH is 4. The molecule has 0 aromatic carbocycles. The van der Waals surface area contributed by atoms with Crippen LogP contribution in [0.1, 0.15) is 6.42 Å². The molecular formula is C20H28O11.